The van der Waals surface area contributed by atoms with Crippen molar-refractivity contribution in [2.75, 3.05) is 11.4 Å². The molecular formula is C18H27FN2. The Labute approximate surface area is 127 Å². The summed E-state index contributed by atoms with van der Waals surface area (Å²) in [6.45, 7) is 6.22. The van der Waals surface area contributed by atoms with Gasteiger partial charge in [0.1, 0.15) is 5.82 Å². The lowest BCUT2D eigenvalue weighted by Crippen LogP contribution is -2.28. The molecule has 3 heteroatoms. The molecule has 2 nitrogen and oxygen atoms in total. The molecule has 21 heavy (non-hydrogen) atoms. The topological polar surface area (TPSA) is 15.3 Å². The molecule has 0 aliphatic heterocycles. The van der Waals surface area contributed by atoms with Crippen LogP contribution in [0.2, 0.25) is 0 Å². The van der Waals surface area contributed by atoms with E-state index in [9.17, 15) is 4.39 Å². The minimum atomic E-state index is -0.0549. The molecule has 2 saturated carbocycles. The number of nitrogens with one attached hydrogen (secondary N) is 1. The van der Waals surface area contributed by atoms with Crippen molar-refractivity contribution < 1.29 is 4.39 Å². The van der Waals surface area contributed by atoms with E-state index in [0.29, 0.717) is 18.0 Å². The number of hydrogen-bond donors (Lipinski definition) is 1. The quantitative estimate of drug-likeness (QED) is 0.775. The van der Waals surface area contributed by atoms with Gasteiger partial charge in [-0.3, -0.25) is 0 Å². The van der Waals surface area contributed by atoms with Crippen LogP contribution in [0.1, 0.15) is 51.5 Å². The third kappa shape index (κ3) is 4.19. The highest BCUT2D eigenvalue weighted by atomic mass is 19.1. The molecule has 0 heterocycles. The van der Waals surface area contributed by atoms with Gasteiger partial charge in [0.2, 0.25) is 0 Å². The Kier molecular flexibility index (Phi) is 4.48. The van der Waals surface area contributed by atoms with Crippen LogP contribution in [0, 0.1) is 11.7 Å². The molecule has 0 spiro atoms. The number of benzene rings is 1. The average Bonchev–Trinajstić information content (AvgIpc) is 3.32. The maximum absolute atomic E-state index is 14.5. The van der Waals surface area contributed by atoms with Gasteiger partial charge in [-0.2, -0.15) is 0 Å². The van der Waals surface area contributed by atoms with Crippen LogP contribution in [-0.4, -0.2) is 18.6 Å². The smallest absolute Gasteiger partial charge is 0.146 e. The molecule has 2 aliphatic rings. The second-order valence-electron chi connectivity index (χ2n) is 7.05. The lowest BCUT2D eigenvalue weighted by atomic mass is 10.1. The van der Waals surface area contributed by atoms with Crippen molar-refractivity contribution in [2.24, 2.45) is 5.92 Å². The van der Waals surface area contributed by atoms with Crippen LogP contribution in [0.4, 0.5) is 10.1 Å². The molecule has 1 aromatic rings. The minimum absolute atomic E-state index is 0.0549. The van der Waals surface area contributed by atoms with E-state index in [1.807, 2.05) is 6.07 Å². The summed E-state index contributed by atoms with van der Waals surface area (Å²) < 4.78 is 14.5. The highest BCUT2D eigenvalue weighted by Crippen LogP contribution is 2.34. The zero-order valence-electron chi connectivity index (χ0n) is 13.2. The molecule has 116 valence electrons. The van der Waals surface area contributed by atoms with Gasteiger partial charge in [-0.05, 0) is 55.7 Å². The van der Waals surface area contributed by atoms with E-state index in [1.54, 1.807) is 6.07 Å². The lowest BCUT2D eigenvalue weighted by Gasteiger charge is -2.26. The first-order chi connectivity index (χ1) is 10.1. The summed E-state index contributed by atoms with van der Waals surface area (Å²) in [7, 11) is 0. The maximum Gasteiger partial charge on any atom is 0.146 e. The SMILES string of the molecule is CC(C)CCN(c1ccc(CNC2CC2)cc1F)C1CC1. The highest BCUT2D eigenvalue weighted by Gasteiger charge is 2.30. The average molecular weight is 290 g/mol. The van der Waals surface area contributed by atoms with Gasteiger partial charge in [-0.1, -0.05) is 19.9 Å². The van der Waals surface area contributed by atoms with Gasteiger partial charge in [-0.25, -0.2) is 4.39 Å². The zero-order chi connectivity index (χ0) is 14.8. The molecule has 0 radical (unpaired) electrons. The fourth-order valence-corrected chi connectivity index (χ4v) is 2.73. The van der Waals surface area contributed by atoms with Gasteiger partial charge in [-0.15, -0.1) is 0 Å². The lowest BCUT2D eigenvalue weighted by molar-refractivity contribution is 0.558. The summed E-state index contributed by atoms with van der Waals surface area (Å²) >= 11 is 0. The van der Waals surface area contributed by atoms with Crippen molar-refractivity contribution in [2.45, 2.75) is 64.6 Å². The summed E-state index contributed by atoms with van der Waals surface area (Å²) in [5.41, 5.74) is 1.86. The number of anilines is 1. The number of nitrogens with zero attached hydrogens (tertiary/aromatic N) is 1. The van der Waals surface area contributed by atoms with Crippen molar-refractivity contribution in [1.82, 2.24) is 5.32 Å². The zero-order valence-corrected chi connectivity index (χ0v) is 13.2. The summed E-state index contributed by atoms with van der Waals surface area (Å²) in [4.78, 5) is 2.29. The molecular weight excluding hydrogens is 263 g/mol. The van der Waals surface area contributed by atoms with Crippen LogP contribution >= 0.6 is 0 Å². The molecule has 2 aliphatic carbocycles. The Morgan fingerprint density at radius 1 is 1.24 bits per heavy atom. The van der Waals surface area contributed by atoms with Crippen LogP contribution in [0.5, 0.6) is 0 Å². The van der Waals surface area contributed by atoms with Gasteiger partial charge in [0.05, 0.1) is 5.69 Å². The Bertz CT molecular complexity index is 478. The summed E-state index contributed by atoms with van der Waals surface area (Å²) in [5.74, 6) is 0.608. The van der Waals surface area contributed by atoms with E-state index in [0.717, 1.165) is 30.8 Å². The Hall–Kier alpha value is -1.09. The Morgan fingerprint density at radius 3 is 2.57 bits per heavy atom. The first-order valence-electron chi connectivity index (χ1n) is 8.42. The van der Waals surface area contributed by atoms with Crippen LogP contribution in [0.15, 0.2) is 18.2 Å². The summed E-state index contributed by atoms with van der Waals surface area (Å²) in [5, 5.41) is 3.44. The monoisotopic (exact) mass is 290 g/mol. The molecule has 1 aromatic carbocycles. The van der Waals surface area contributed by atoms with Crippen molar-refractivity contribution in [3.63, 3.8) is 0 Å². The molecule has 3 rings (SSSR count). The van der Waals surface area contributed by atoms with E-state index in [4.69, 9.17) is 0 Å². The van der Waals surface area contributed by atoms with E-state index in [1.165, 1.54) is 25.7 Å². The van der Waals surface area contributed by atoms with Crippen LogP contribution in [-0.2, 0) is 6.54 Å². The molecule has 0 bridgehead atoms. The Morgan fingerprint density at radius 2 is 2.00 bits per heavy atom. The van der Waals surface area contributed by atoms with Crippen molar-refractivity contribution in [3.8, 4) is 0 Å². The molecule has 2 fully saturated rings. The molecule has 0 saturated heterocycles. The van der Waals surface area contributed by atoms with Gasteiger partial charge in [0, 0.05) is 25.2 Å². The van der Waals surface area contributed by atoms with Crippen LogP contribution < -0.4 is 10.2 Å². The minimum Gasteiger partial charge on any atom is -0.366 e. The molecule has 0 unspecified atom stereocenters. The number of halogens is 1. The molecule has 0 atom stereocenters. The second-order valence-corrected chi connectivity index (χ2v) is 7.05. The molecule has 1 N–H and O–H groups in total. The molecule has 0 amide bonds. The fraction of sp³-hybridized carbons (Fsp3) is 0.667. The first-order valence-corrected chi connectivity index (χ1v) is 8.42. The van der Waals surface area contributed by atoms with E-state index in [-0.39, 0.29) is 5.82 Å². The summed E-state index contributed by atoms with van der Waals surface area (Å²) in [6, 6.07) is 7.02. The van der Waals surface area contributed by atoms with Gasteiger partial charge < -0.3 is 10.2 Å². The summed E-state index contributed by atoms with van der Waals surface area (Å²) in [6.07, 6.45) is 6.09. The third-order valence-electron chi connectivity index (χ3n) is 4.43. The number of rotatable bonds is 8. The predicted molar refractivity (Wildman–Crippen MR) is 86.1 cm³/mol. The second kappa shape index (κ2) is 6.35. The number of hydrogen-bond acceptors (Lipinski definition) is 2. The van der Waals surface area contributed by atoms with E-state index >= 15 is 0 Å². The predicted octanol–water partition coefficient (Wildman–Crippen LogP) is 4.09. The van der Waals surface area contributed by atoms with Crippen molar-refractivity contribution >= 4 is 5.69 Å². The van der Waals surface area contributed by atoms with E-state index < -0.39 is 0 Å². The highest BCUT2D eigenvalue weighted by molar-refractivity contribution is 5.51. The van der Waals surface area contributed by atoms with Gasteiger partial charge in [0.15, 0.2) is 0 Å². The van der Waals surface area contributed by atoms with Gasteiger partial charge in [0.25, 0.3) is 0 Å². The van der Waals surface area contributed by atoms with Crippen LogP contribution in [0.25, 0.3) is 0 Å². The van der Waals surface area contributed by atoms with E-state index in [2.05, 4.69) is 30.1 Å². The normalized spacial score (nSPS) is 18.3. The standard InChI is InChI=1S/C18H27FN2/c1-13(2)9-10-21(16-6-7-16)18-8-3-14(11-17(18)19)12-20-15-4-5-15/h3,8,11,13,15-16,20H,4-7,9-10,12H2,1-2H3. The largest absolute Gasteiger partial charge is 0.366 e. The third-order valence-corrected chi connectivity index (χ3v) is 4.43. The first kappa shape index (κ1) is 14.8. The fourth-order valence-electron chi connectivity index (χ4n) is 2.73. The van der Waals surface area contributed by atoms with Crippen LogP contribution in [0.3, 0.4) is 0 Å². The Balaban J connectivity index is 1.66. The van der Waals surface area contributed by atoms with Crippen molar-refractivity contribution in [1.29, 1.82) is 0 Å². The van der Waals surface area contributed by atoms with Gasteiger partial charge >= 0.3 is 0 Å². The molecule has 0 aromatic heterocycles. The maximum atomic E-state index is 14.5. The van der Waals surface area contributed by atoms with Crippen molar-refractivity contribution in [3.05, 3.63) is 29.6 Å².